The highest BCUT2D eigenvalue weighted by Crippen LogP contribution is 2.17. The van der Waals surface area contributed by atoms with Crippen LogP contribution in [0.4, 0.5) is 10.5 Å². The zero-order chi connectivity index (χ0) is 17.0. The average molecular weight is 333 g/mol. The molecule has 0 heterocycles. The topological polar surface area (TPSA) is 101 Å². The minimum absolute atomic E-state index is 0.00302. The molecule has 1 atom stereocenters. The van der Waals surface area contributed by atoms with Gasteiger partial charge in [-0.05, 0) is 49.2 Å². The van der Waals surface area contributed by atoms with Crippen LogP contribution in [0.2, 0.25) is 0 Å². The van der Waals surface area contributed by atoms with Crippen LogP contribution in [0.15, 0.2) is 53.4 Å². The van der Waals surface area contributed by atoms with Crippen LogP contribution < -0.4 is 15.8 Å². The maximum atomic E-state index is 12.0. The highest BCUT2D eigenvalue weighted by Gasteiger charge is 2.12. The van der Waals surface area contributed by atoms with E-state index in [1.54, 1.807) is 0 Å². The highest BCUT2D eigenvalue weighted by atomic mass is 32.2. The van der Waals surface area contributed by atoms with Crippen molar-refractivity contribution < 1.29 is 13.2 Å². The molecule has 6 nitrogen and oxygen atoms in total. The number of carbonyl (C=O) groups excluding carboxylic acids is 1. The van der Waals surface area contributed by atoms with Crippen LogP contribution >= 0.6 is 0 Å². The number of aryl methyl sites for hydroxylation is 1. The quantitative estimate of drug-likeness (QED) is 0.801. The van der Waals surface area contributed by atoms with E-state index in [4.69, 9.17) is 5.14 Å². The number of nitrogens with two attached hydrogens (primary N) is 1. The lowest BCUT2D eigenvalue weighted by Gasteiger charge is -2.17. The first kappa shape index (κ1) is 17.0. The number of primary sulfonamides is 1. The number of amides is 2. The molecule has 0 aromatic heterocycles. The molecule has 0 spiro atoms. The van der Waals surface area contributed by atoms with Gasteiger partial charge in [0.05, 0.1) is 10.9 Å². The van der Waals surface area contributed by atoms with E-state index in [1.807, 2.05) is 38.1 Å². The van der Waals surface area contributed by atoms with Crippen molar-refractivity contribution in [1.82, 2.24) is 5.32 Å². The molecule has 2 aromatic carbocycles. The second kappa shape index (κ2) is 6.80. The van der Waals surface area contributed by atoms with Gasteiger partial charge >= 0.3 is 6.03 Å². The van der Waals surface area contributed by atoms with Gasteiger partial charge in [-0.2, -0.15) is 0 Å². The van der Waals surface area contributed by atoms with Gasteiger partial charge in [-0.15, -0.1) is 0 Å². The Balaban J connectivity index is 2.01. The molecule has 0 bridgehead atoms. The van der Waals surface area contributed by atoms with Crippen molar-refractivity contribution in [3.05, 3.63) is 59.7 Å². The Hall–Kier alpha value is -2.38. The second-order valence-electron chi connectivity index (χ2n) is 5.25. The van der Waals surface area contributed by atoms with Crippen molar-refractivity contribution in [2.45, 2.75) is 24.8 Å². The molecule has 0 aliphatic carbocycles. The van der Waals surface area contributed by atoms with E-state index in [-0.39, 0.29) is 17.0 Å². The van der Waals surface area contributed by atoms with Crippen molar-refractivity contribution in [2.75, 3.05) is 5.32 Å². The maximum Gasteiger partial charge on any atom is 0.319 e. The third-order valence-electron chi connectivity index (χ3n) is 3.44. The largest absolute Gasteiger partial charge is 0.331 e. The number of hydrogen-bond donors (Lipinski definition) is 3. The van der Waals surface area contributed by atoms with Gasteiger partial charge in [0.1, 0.15) is 0 Å². The normalized spacial score (nSPS) is 12.5. The van der Waals surface area contributed by atoms with Gasteiger partial charge in [-0.1, -0.05) is 24.3 Å². The summed E-state index contributed by atoms with van der Waals surface area (Å²) in [6, 6.07) is 12.9. The van der Waals surface area contributed by atoms with E-state index in [2.05, 4.69) is 10.6 Å². The number of sulfonamides is 1. The molecule has 23 heavy (non-hydrogen) atoms. The summed E-state index contributed by atoms with van der Waals surface area (Å²) in [4.78, 5) is 12.0. The van der Waals surface area contributed by atoms with Gasteiger partial charge in [0.15, 0.2) is 0 Å². The van der Waals surface area contributed by atoms with E-state index in [9.17, 15) is 13.2 Å². The number of rotatable bonds is 4. The van der Waals surface area contributed by atoms with Gasteiger partial charge in [0, 0.05) is 5.69 Å². The first-order valence-corrected chi connectivity index (χ1v) is 8.58. The average Bonchev–Trinajstić information content (AvgIpc) is 2.47. The van der Waals surface area contributed by atoms with Crippen LogP contribution in [0.3, 0.4) is 0 Å². The smallest absolute Gasteiger partial charge is 0.319 e. The molecule has 2 aromatic rings. The molecule has 0 saturated carbocycles. The van der Waals surface area contributed by atoms with Crippen LogP contribution in [0.25, 0.3) is 0 Å². The second-order valence-corrected chi connectivity index (χ2v) is 6.81. The van der Waals surface area contributed by atoms with Gasteiger partial charge in [0.25, 0.3) is 0 Å². The molecular formula is C16H19N3O3S. The van der Waals surface area contributed by atoms with Crippen LogP contribution in [0.1, 0.15) is 24.1 Å². The van der Waals surface area contributed by atoms with E-state index in [0.29, 0.717) is 5.69 Å². The third-order valence-corrected chi connectivity index (χ3v) is 4.37. The standard InChI is InChI=1S/C16H19N3O3S/c1-11-5-3-4-6-15(11)12(2)18-16(20)19-13-7-9-14(10-8-13)23(17,21)22/h3-10,12H,1-2H3,(H2,17,21,22)(H2,18,19,20). The summed E-state index contributed by atoms with van der Waals surface area (Å²) in [5, 5.41) is 10.5. The number of carbonyl (C=O) groups is 1. The number of urea groups is 1. The van der Waals surface area contributed by atoms with Crippen LogP contribution in [-0.4, -0.2) is 14.4 Å². The van der Waals surface area contributed by atoms with Crippen molar-refractivity contribution in [2.24, 2.45) is 5.14 Å². The van der Waals surface area contributed by atoms with Gasteiger partial charge in [-0.3, -0.25) is 0 Å². The number of anilines is 1. The fourth-order valence-electron chi connectivity index (χ4n) is 2.24. The summed E-state index contributed by atoms with van der Waals surface area (Å²) in [6.07, 6.45) is 0. The molecule has 2 amide bonds. The van der Waals surface area contributed by atoms with Crippen molar-refractivity contribution in [3.63, 3.8) is 0 Å². The fourth-order valence-corrected chi connectivity index (χ4v) is 2.76. The molecule has 0 aliphatic heterocycles. The summed E-state index contributed by atoms with van der Waals surface area (Å²) in [7, 11) is -3.74. The van der Waals surface area contributed by atoms with E-state index in [0.717, 1.165) is 11.1 Å². The number of nitrogens with one attached hydrogen (secondary N) is 2. The van der Waals surface area contributed by atoms with Crippen molar-refractivity contribution >= 4 is 21.7 Å². The SMILES string of the molecule is Cc1ccccc1C(C)NC(=O)Nc1ccc(S(N)(=O)=O)cc1. The fraction of sp³-hybridized carbons (Fsp3) is 0.188. The predicted octanol–water partition coefficient (Wildman–Crippen LogP) is 2.53. The minimum Gasteiger partial charge on any atom is -0.331 e. The molecule has 1 unspecified atom stereocenters. The number of benzene rings is 2. The molecule has 0 saturated heterocycles. The monoisotopic (exact) mass is 333 g/mol. The molecule has 122 valence electrons. The zero-order valence-corrected chi connectivity index (χ0v) is 13.7. The molecular weight excluding hydrogens is 314 g/mol. The highest BCUT2D eigenvalue weighted by molar-refractivity contribution is 7.89. The Bertz CT molecular complexity index is 802. The van der Waals surface area contributed by atoms with Crippen LogP contribution in [0, 0.1) is 6.92 Å². The molecule has 0 radical (unpaired) electrons. The van der Waals surface area contributed by atoms with Crippen LogP contribution in [0.5, 0.6) is 0 Å². The zero-order valence-electron chi connectivity index (χ0n) is 12.9. The first-order valence-electron chi connectivity index (χ1n) is 7.03. The Morgan fingerprint density at radius 1 is 1.09 bits per heavy atom. The van der Waals surface area contributed by atoms with Gasteiger partial charge in [0.2, 0.25) is 10.0 Å². The first-order chi connectivity index (χ1) is 10.8. The summed E-state index contributed by atoms with van der Waals surface area (Å²) in [5.74, 6) is 0. The Morgan fingerprint density at radius 3 is 2.26 bits per heavy atom. The Kier molecular flexibility index (Phi) is 5.02. The predicted molar refractivity (Wildman–Crippen MR) is 89.6 cm³/mol. The molecule has 0 aliphatic rings. The van der Waals surface area contributed by atoms with Crippen molar-refractivity contribution in [3.8, 4) is 0 Å². The molecule has 0 fully saturated rings. The molecule has 2 rings (SSSR count). The van der Waals surface area contributed by atoms with E-state index < -0.39 is 10.0 Å². The third kappa shape index (κ3) is 4.54. The van der Waals surface area contributed by atoms with E-state index >= 15 is 0 Å². The Labute approximate surface area is 135 Å². The van der Waals surface area contributed by atoms with Crippen LogP contribution in [-0.2, 0) is 10.0 Å². The summed E-state index contributed by atoms with van der Waals surface area (Å²) < 4.78 is 22.4. The summed E-state index contributed by atoms with van der Waals surface area (Å²) in [6.45, 7) is 3.88. The lowest BCUT2D eigenvalue weighted by atomic mass is 10.0. The molecule has 7 heteroatoms. The van der Waals surface area contributed by atoms with Crippen molar-refractivity contribution in [1.29, 1.82) is 0 Å². The summed E-state index contributed by atoms with van der Waals surface area (Å²) in [5.41, 5.74) is 2.61. The minimum atomic E-state index is -3.74. The Morgan fingerprint density at radius 2 is 1.70 bits per heavy atom. The van der Waals surface area contributed by atoms with Gasteiger partial charge in [-0.25, -0.2) is 18.4 Å². The molecule has 4 N–H and O–H groups in total. The lowest BCUT2D eigenvalue weighted by molar-refractivity contribution is 0.249. The lowest BCUT2D eigenvalue weighted by Crippen LogP contribution is -2.31. The van der Waals surface area contributed by atoms with Gasteiger partial charge < -0.3 is 10.6 Å². The van der Waals surface area contributed by atoms with E-state index in [1.165, 1.54) is 24.3 Å². The number of hydrogen-bond acceptors (Lipinski definition) is 3. The maximum absolute atomic E-state index is 12.0. The summed E-state index contributed by atoms with van der Waals surface area (Å²) >= 11 is 0.